The fourth-order valence-corrected chi connectivity index (χ4v) is 4.41. The third kappa shape index (κ3) is 4.54. The molecule has 0 atom stereocenters. The smallest absolute Gasteiger partial charge is 0.330 e. The van der Waals surface area contributed by atoms with E-state index in [4.69, 9.17) is 10.5 Å². The number of hydrogen-bond donors (Lipinski definition) is 2. The molecule has 0 aliphatic rings. The van der Waals surface area contributed by atoms with Gasteiger partial charge in [-0.2, -0.15) is 0 Å². The van der Waals surface area contributed by atoms with Crippen LogP contribution in [-0.2, 0) is 24.4 Å². The maximum absolute atomic E-state index is 12.7. The number of anilines is 2. The van der Waals surface area contributed by atoms with E-state index in [1.165, 1.54) is 4.57 Å². The summed E-state index contributed by atoms with van der Waals surface area (Å²) in [7, 11) is 1.55. The van der Waals surface area contributed by atoms with Gasteiger partial charge in [-0.15, -0.1) is 11.3 Å². The van der Waals surface area contributed by atoms with Gasteiger partial charge >= 0.3 is 5.69 Å². The van der Waals surface area contributed by atoms with Crippen molar-refractivity contribution in [3.63, 3.8) is 0 Å². The van der Waals surface area contributed by atoms with Crippen molar-refractivity contribution in [2.24, 2.45) is 0 Å². The van der Waals surface area contributed by atoms with Crippen LogP contribution in [0, 0.1) is 0 Å². The van der Waals surface area contributed by atoms with Crippen LogP contribution in [0.3, 0.4) is 0 Å². The minimum atomic E-state index is -0.541. The molecule has 0 radical (unpaired) electrons. The van der Waals surface area contributed by atoms with Crippen molar-refractivity contribution in [1.29, 1.82) is 0 Å². The molecule has 3 N–H and O–H groups in total. The number of nitrogens with one attached hydrogen (secondary N) is 1. The molecule has 0 amide bonds. The average Bonchev–Trinajstić information content (AvgIpc) is 3.07. The van der Waals surface area contributed by atoms with Gasteiger partial charge in [0.1, 0.15) is 11.5 Å². The van der Waals surface area contributed by atoms with E-state index in [2.05, 4.69) is 20.9 Å². The molecule has 2 aromatic heterocycles. The summed E-state index contributed by atoms with van der Waals surface area (Å²) in [4.78, 5) is 30.3. The SMILES string of the molecule is COCCn1c(N)c(N(Cc2ccccc2)Cc2sccc2Br)c(=O)[nH]c1=O. The quantitative estimate of drug-likeness (QED) is 0.534. The number of nitrogen functional groups attached to an aromatic ring is 1. The molecule has 0 spiro atoms. The van der Waals surface area contributed by atoms with Crippen LogP contribution in [0.15, 0.2) is 55.8 Å². The highest BCUT2D eigenvalue weighted by Crippen LogP contribution is 2.28. The summed E-state index contributed by atoms with van der Waals surface area (Å²) >= 11 is 5.13. The van der Waals surface area contributed by atoms with Crippen LogP contribution >= 0.6 is 27.3 Å². The zero-order valence-electron chi connectivity index (χ0n) is 15.4. The minimum Gasteiger partial charge on any atom is -0.383 e. The second-order valence-corrected chi connectivity index (χ2v) is 8.03. The number of aromatic nitrogens is 2. The lowest BCUT2D eigenvalue weighted by atomic mass is 10.2. The summed E-state index contributed by atoms with van der Waals surface area (Å²) < 4.78 is 7.36. The van der Waals surface area contributed by atoms with Crippen LogP contribution in [0.2, 0.25) is 0 Å². The summed E-state index contributed by atoms with van der Waals surface area (Å²) in [6.45, 7) is 1.52. The first kappa shape index (κ1) is 20.4. The molecule has 9 heteroatoms. The molecule has 148 valence electrons. The Morgan fingerprint density at radius 3 is 2.61 bits per heavy atom. The highest BCUT2D eigenvalue weighted by molar-refractivity contribution is 9.10. The van der Waals surface area contributed by atoms with E-state index < -0.39 is 11.2 Å². The lowest BCUT2D eigenvalue weighted by Gasteiger charge is -2.26. The first-order chi connectivity index (χ1) is 13.5. The van der Waals surface area contributed by atoms with Crippen LogP contribution in [0.25, 0.3) is 0 Å². The second-order valence-electron chi connectivity index (χ2n) is 6.17. The molecule has 3 aromatic rings. The average molecular weight is 465 g/mol. The number of nitrogens with zero attached hydrogens (tertiary/aromatic N) is 2. The molecule has 0 saturated carbocycles. The summed E-state index contributed by atoms with van der Waals surface area (Å²) in [5.74, 6) is 0.134. The Labute approximate surface area is 174 Å². The second kappa shape index (κ2) is 9.22. The third-order valence-corrected chi connectivity index (χ3v) is 6.20. The molecular formula is C19H21BrN4O3S. The first-order valence-electron chi connectivity index (χ1n) is 8.63. The molecule has 2 heterocycles. The van der Waals surface area contributed by atoms with Gasteiger partial charge in [0.25, 0.3) is 5.56 Å². The maximum atomic E-state index is 12.7. The number of aromatic amines is 1. The summed E-state index contributed by atoms with van der Waals surface area (Å²) in [5.41, 5.74) is 6.55. The van der Waals surface area contributed by atoms with E-state index >= 15 is 0 Å². The highest BCUT2D eigenvalue weighted by atomic mass is 79.9. The van der Waals surface area contributed by atoms with Gasteiger partial charge in [0.05, 0.1) is 19.7 Å². The monoisotopic (exact) mass is 464 g/mol. The van der Waals surface area contributed by atoms with Gasteiger partial charge in [-0.05, 0) is 32.9 Å². The lowest BCUT2D eigenvalue weighted by molar-refractivity contribution is 0.186. The van der Waals surface area contributed by atoms with Gasteiger partial charge in [-0.25, -0.2) is 4.79 Å². The molecule has 0 fully saturated rings. The molecule has 3 rings (SSSR count). The van der Waals surface area contributed by atoms with Crippen molar-refractivity contribution in [3.8, 4) is 0 Å². The van der Waals surface area contributed by atoms with Crippen LogP contribution in [0.4, 0.5) is 11.5 Å². The molecule has 0 aliphatic heterocycles. The number of hydrogen-bond acceptors (Lipinski definition) is 6. The molecule has 0 aliphatic carbocycles. The van der Waals surface area contributed by atoms with Gasteiger partial charge in [0, 0.05) is 23.0 Å². The van der Waals surface area contributed by atoms with E-state index in [9.17, 15) is 9.59 Å². The largest absolute Gasteiger partial charge is 0.383 e. The number of rotatable bonds is 8. The van der Waals surface area contributed by atoms with Crippen LogP contribution < -0.4 is 21.9 Å². The summed E-state index contributed by atoms with van der Waals surface area (Å²) in [6, 6.07) is 11.8. The van der Waals surface area contributed by atoms with Gasteiger partial charge < -0.3 is 15.4 Å². The first-order valence-corrected chi connectivity index (χ1v) is 10.3. The van der Waals surface area contributed by atoms with Gasteiger partial charge in [0.2, 0.25) is 0 Å². The Balaban J connectivity index is 2.07. The number of methoxy groups -OCH3 is 1. The van der Waals surface area contributed by atoms with E-state index in [0.717, 1.165) is 14.9 Å². The molecule has 0 saturated heterocycles. The number of thiophene rings is 1. The Kier molecular flexibility index (Phi) is 6.71. The predicted octanol–water partition coefficient (Wildman–Crippen LogP) is 2.80. The maximum Gasteiger partial charge on any atom is 0.330 e. The number of nitrogens with two attached hydrogens (primary N) is 1. The van der Waals surface area contributed by atoms with E-state index in [1.54, 1.807) is 18.4 Å². The molecule has 1 aromatic carbocycles. The Morgan fingerprint density at radius 1 is 1.21 bits per heavy atom. The van der Waals surface area contributed by atoms with Gasteiger partial charge in [-0.3, -0.25) is 14.3 Å². The van der Waals surface area contributed by atoms with E-state index in [1.807, 2.05) is 46.7 Å². The predicted molar refractivity (Wildman–Crippen MR) is 116 cm³/mol. The molecule has 7 nitrogen and oxygen atoms in total. The zero-order chi connectivity index (χ0) is 20.1. The number of H-pyrrole nitrogens is 1. The third-order valence-electron chi connectivity index (χ3n) is 4.29. The number of ether oxygens (including phenoxy) is 1. The minimum absolute atomic E-state index is 0.134. The number of benzene rings is 1. The van der Waals surface area contributed by atoms with Crippen LogP contribution in [-0.4, -0.2) is 23.3 Å². The summed E-state index contributed by atoms with van der Waals surface area (Å²) in [6.07, 6.45) is 0. The fraction of sp³-hybridized carbons (Fsp3) is 0.263. The molecular weight excluding hydrogens is 444 g/mol. The molecule has 0 unspecified atom stereocenters. The number of halogens is 1. The zero-order valence-corrected chi connectivity index (χ0v) is 17.8. The normalized spacial score (nSPS) is 10.9. The Bertz CT molecular complexity index is 1050. The Morgan fingerprint density at radius 2 is 1.96 bits per heavy atom. The van der Waals surface area contributed by atoms with Crippen molar-refractivity contribution >= 4 is 38.8 Å². The standard InChI is InChI=1S/C19H21BrN4O3S/c1-27-9-8-24-17(21)16(18(25)22-19(24)26)23(11-13-5-3-2-4-6-13)12-15-14(20)7-10-28-15/h2-7,10H,8-9,11-12,21H2,1H3,(H,22,25,26). The Hall–Kier alpha value is -2.36. The van der Waals surface area contributed by atoms with Crippen molar-refractivity contribution in [3.05, 3.63) is 77.5 Å². The highest BCUT2D eigenvalue weighted by Gasteiger charge is 2.20. The fourth-order valence-electron chi connectivity index (χ4n) is 2.92. The van der Waals surface area contributed by atoms with Crippen LogP contribution in [0.1, 0.15) is 10.4 Å². The van der Waals surface area contributed by atoms with Crippen LogP contribution in [0.5, 0.6) is 0 Å². The van der Waals surface area contributed by atoms with Crippen molar-refractivity contribution in [1.82, 2.24) is 9.55 Å². The van der Waals surface area contributed by atoms with Crippen molar-refractivity contribution in [2.45, 2.75) is 19.6 Å². The van der Waals surface area contributed by atoms with Crippen molar-refractivity contribution in [2.75, 3.05) is 24.4 Å². The van der Waals surface area contributed by atoms with Crippen molar-refractivity contribution < 1.29 is 4.74 Å². The van der Waals surface area contributed by atoms with Gasteiger partial charge in [0.15, 0.2) is 0 Å². The molecule has 28 heavy (non-hydrogen) atoms. The van der Waals surface area contributed by atoms with E-state index in [0.29, 0.717) is 19.7 Å². The van der Waals surface area contributed by atoms with Gasteiger partial charge in [-0.1, -0.05) is 30.3 Å². The topological polar surface area (TPSA) is 93.3 Å². The summed E-state index contributed by atoms with van der Waals surface area (Å²) in [5, 5.41) is 1.98. The lowest BCUT2D eigenvalue weighted by Crippen LogP contribution is -2.38. The molecule has 0 bridgehead atoms. The van der Waals surface area contributed by atoms with E-state index in [-0.39, 0.29) is 18.1 Å².